The highest BCUT2D eigenvalue weighted by molar-refractivity contribution is 5.71. The smallest absolute Gasteiger partial charge is 0.306 e. The van der Waals surface area contributed by atoms with Crippen LogP contribution in [0, 0.1) is 0 Å². The Morgan fingerprint density at radius 2 is 0.524 bits per heavy atom. The molecular formula is C57H104O6. The van der Waals surface area contributed by atoms with Crippen molar-refractivity contribution in [2.45, 2.75) is 297 Å². The van der Waals surface area contributed by atoms with Gasteiger partial charge in [-0.1, -0.05) is 211 Å². The van der Waals surface area contributed by atoms with E-state index >= 15 is 0 Å². The second kappa shape index (κ2) is 52.3. The van der Waals surface area contributed by atoms with Crippen LogP contribution in [-0.4, -0.2) is 37.2 Å². The van der Waals surface area contributed by atoms with E-state index in [-0.39, 0.29) is 31.1 Å². The lowest BCUT2D eigenvalue weighted by molar-refractivity contribution is -0.167. The molecule has 6 nitrogen and oxygen atoms in total. The van der Waals surface area contributed by atoms with Gasteiger partial charge < -0.3 is 14.2 Å². The van der Waals surface area contributed by atoms with E-state index in [2.05, 4.69) is 57.2 Å². The van der Waals surface area contributed by atoms with Crippen LogP contribution in [-0.2, 0) is 28.6 Å². The summed E-state index contributed by atoms with van der Waals surface area (Å²) < 4.78 is 16.8. The van der Waals surface area contributed by atoms with Crippen LogP contribution >= 0.6 is 0 Å². The Bertz CT molecular complexity index is 1060. The summed E-state index contributed by atoms with van der Waals surface area (Å²) in [7, 11) is 0. The van der Waals surface area contributed by atoms with Crippen LogP contribution in [0.2, 0.25) is 0 Å². The molecule has 0 aromatic carbocycles. The van der Waals surface area contributed by atoms with Crippen LogP contribution in [0.4, 0.5) is 0 Å². The number of ether oxygens (including phenoxy) is 3. The molecule has 0 fully saturated rings. The second-order valence-electron chi connectivity index (χ2n) is 18.5. The Labute approximate surface area is 391 Å². The van der Waals surface area contributed by atoms with Crippen molar-refractivity contribution in [2.75, 3.05) is 13.2 Å². The molecule has 0 aromatic heterocycles. The minimum Gasteiger partial charge on any atom is -0.462 e. The lowest BCUT2D eigenvalue weighted by atomic mass is 10.1. The molecule has 63 heavy (non-hydrogen) atoms. The average molecular weight is 885 g/mol. The molecule has 0 aliphatic rings. The lowest BCUT2D eigenvalue weighted by Crippen LogP contribution is -2.30. The maximum absolute atomic E-state index is 12.8. The van der Waals surface area contributed by atoms with Crippen molar-refractivity contribution < 1.29 is 28.6 Å². The highest BCUT2D eigenvalue weighted by Gasteiger charge is 2.19. The van der Waals surface area contributed by atoms with Gasteiger partial charge in [0.05, 0.1) is 0 Å². The van der Waals surface area contributed by atoms with Crippen LogP contribution in [0.1, 0.15) is 290 Å². The molecule has 0 rings (SSSR count). The molecular weight excluding hydrogens is 781 g/mol. The van der Waals surface area contributed by atoms with Crippen molar-refractivity contribution >= 4 is 17.9 Å². The van der Waals surface area contributed by atoms with Gasteiger partial charge >= 0.3 is 17.9 Å². The van der Waals surface area contributed by atoms with Crippen LogP contribution in [0.3, 0.4) is 0 Å². The third-order valence-corrected chi connectivity index (χ3v) is 12.1. The highest BCUT2D eigenvalue weighted by Crippen LogP contribution is 2.15. The third-order valence-electron chi connectivity index (χ3n) is 12.1. The zero-order valence-corrected chi connectivity index (χ0v) is 42.1. The molecule has 0 saturated carbocycles. The molecule has 0 radical (unpaired) electrons. The van der Waals surface area contributed by atoms with E-state index in [0.29, 0.717) is 19.3 Å². The maximum Gasteiger partial charge on any atom is 0.306 e. The van der Waals surface area contributed by atoms with Crippen molar-refractivity contribution in [3.05, 3.63) is 36.5 Å². The number of allylic oxidation sites excluding steroid dienone is 6. The average Bonchev–Trinajstić information content (AvgIpc) is 3.28. The number of rotatable bonds is 50. The molecule has 0 spiro atoms. The van der Waals surface area contributed by atoms with E-state index in [9.17, 15) is 14.4 Å². The fourth-order valence-corrected chi connectivity index (χ4v) is 7.90. The fourth-order valence-electron chi connectivity index (χ4n) is 7.90. The van der Waals surface area contributed by atoms with E-state index < -0.39 is 6.10 Å². The van der Waals surface area contributed by atoms with Crippen LogP contribution in [0.15, 0.2) is 36.5 Å². The summed E-state index contributed by atoms with van der Waals surface area (Å²) in [6, 6.07) is 0. The molecule has 0 heterocycles. The predicted octanol–water partition coefficient (Wildman–Crippen LogP) is 18.1. The number of hydrogen-bond acceptors (Lipinski definition) is 6. The van der Waals surface area contributed by atoms with E-state index in [1.165, 1.54) is 161 Å². The number of carbonyl (C=O) groups excluding carboxylic acids is 3. The summed E-state index contributed by atoms with van der Waals surface area (Å²) in [6.45, 7) is 6.62. The number of unbranched alkanes of at least 4 members (excludes halogenated alkanes) is 33. The zero-order valence-electron chi connectivity index (χ0n) is 42.1. The summed E-state index contributed by atoms with van der Waals surface area (Å²) in [5, 5.41) is 0. The Balaban J connectivity index is 4.38. The molecule has 6 heteroatoms. The van der Waals surface area contributed by atoms with Crippen molar-refractivity contribution in [2.24, 2.45) is 0 Å². The SMILES string of the molecule is CCCCCCCC/C=C\CCCCCC(=O)OCC(COC(=O)CCCCCCC/C=C\CCCCCCCCCCC)OC(=O)CCCCC/C=C\CCCCCCCCC. The van der Waals surface area contributed by atoms with Gasteiger partial charge in [-0.2, -0.15) is 0 Å². The Morgan fingerprint density at radius 3 is 0.810 bits per heavy atom. The summed E-state index contributed by atoms with van der Waals surface area (Å²) in [6.07, 6.45) is 61.3. The monoisotopic (exact) mass is 885 g/mol. The Hall–Kier alpha value is -2.37. The summed E-state index contributed by atoms with van der Waals surface area (Å²) in [4.78, 5) is 38.0. The number of esters is 3. The molecule has 0 N–H and O–H groups in total. The Morgan fingerprint density at radius 1 is 0.302 bits per heavy atom. The van der Waals surface area contributed by atoms with E-state index in [0.717, 1.165) is 89.9 Å². The van der Waals surface area contributed by atoms with Gasteiger partial charge in [-0.25, -0.2) is 0 Å². The summed E-state index contributed by atoms with van der Waals surface area (Å²) >= 11 is 0. The van der Waals surface area contributed by atoms with Gasteiger partial charge in [0.2, 0.25) is 0 Å². The minimum absolute atomic E-state index is 0.0855. The first kappa shape index (κ1) is 60.6. The lowest BCUT2D eigenvalue weighted by Gasteiger charge is -2.18. The number of carbonyl (C=O) groups is 3. The highest BCUT2D eigenvalue weighted by atomic mass is 16.6. The number of hydrogen-bond donors (Lipinski definition) is 0. The summed E-state index contributed by atoms with van der Waals surface area (Å²) in [5.74, 6) is -0.914. The molecule has 1 atom stereocenters. The van der Waals surface area contributed by atoms with Crippen molar-refractivity contribution in [1.82, 2.24) is 0 Å². The van der Waals surface area contributed by atoms with Crippen LogP contribution in [0.25, 0.3) is 0 Å². The molecule has 1 unspecified atom stereocenters. The van der Waals surface area contributed by atoms with E-state index in [1.54, 1.807) is 0 Å². The molecule has 0 aliphatic heterocycles. The van der Waals surface area contributed by atoms with Gasteiger partial charge in [0.25, 0.3) is 0 Å². The predicted molar refractivity (Wildman–Crippen MR) is 270 cm³/mol. The molecule has 0 amide bonds. The van der Waals surface area contributed by atoms with Gasteiger partial charge in [0.1, 0.15) is 13.2 Å². The first-order valence-corrected chi connectivity index (χ1v) is 27.5. The molecule has 368 valence electrons. The zero-order chi connectivity index (χ0) is 45.8. The fraction of sp³-hybridized carbons (Fsp3) is 0.842. The van der Waals surface area contributed by atoms with Gasteiger partial charge in [-0.3, -0.25) is 14.4 Å². The topological polar surface area (TPSA) is 78.9 Å². The van der Waals surface area contributed by atoms with Crippen molar-refractivity contribution in [3.8, 4) is 0 Å². The van der Waals surface area contributed by atoms with Gasteiger partial charge in [0.15, 0.2) is 6.10 Å². The standard InChI is InChI=1S/C57H104O6/c1-4-7-10-13-16-19-22-25-27-28-29-30-33-35-38-41-44-47-50-56(59)62-53-54(52-61-55(58)49-46-43-40-37-34-31-24-21-18-15-12-9-6-3)63-57(60)51-48-45-42-39-36-32-26-23-20-17-14-11-8-5-2/h29-32,34,36,54H,4-28,33,35,37-53H2,1-3H3/b30-29-,34-31-,36-32-. The second-order valence-corrected chi connectivity index (χ2v) is 18.5. The van der Waals surface area contributed by atoms with Crippen molar-refractivity contribution in [3.63, 3.8) is 0 Å². The normalized spacial score (nSPS) is 12.2. The molecule has 0 aromatic rings. The largest absolute Gasteiger partial charge is 0.462 e. The Kier molecular flexibility index (Phi) is 50.3. The molecule has 0 saturated heterocycles. The van der Waals surface area contributed by atoms with Crippen LogP contribution < -0.4 is 0 Å². The van der Waals surface area contributed by atoms with Gasteiger partial charge in [-0.15, -0.1) is 0 Å². The van der Waals surface area contributed by atoms with Gasteiger partial charge in [0, 0.05) is 19.3 Å². The van der Waals surface area contributed by atoms with Crippen LogP contribution in [0.5, 0.6) is 0 Å². The van der Waals surface area contributed by atoms with Gasteiger partial charge in [-0.05, 0) is 96.3 Å². The maximum atomic E-state index is 12.8. The minimum atomic E-state index is -0.787. The van der Waals surface area contributed by atoms with Crippen molar-refractivity contribution in [1.29, 1.82) is 0 Å². The third kappa shape index (κ3) is 50.5. The molecule has 0 aliphatic carbocycles. The first-order chi connectivity index (χ1) is 31.0. The summed E-state index contributed by atoms with van der Waals surface area (Å²) in [5.41, 5.74) is 0. The van der Waals surface area contributed by atoms with E-state index in [1.807, 2.05) is 0 Å². The first-order valence-electron chi connectivity index (χ1n) is 27.5. The van der Waals surface area contributed by atoms with E-state index in [4.69, 9.17) is 14.2 Å². The molecule has 0 bridgehead atoms. The quantitative estimate of drug-likeness (QED) is 0.0262.